The molecule has 3 rings (SSSR count). The fourth-order valence-electron chi connectivity index (χ4n) is 2.86. The molecule has 0 bridgehead atoms. The van der Waals surface area contributed by atoms with Crippen LogP contribution in [0.4, 0.5) is 11.5 Å². The van der Waals surface area contributed by atoms with Crippen molar-refractivity contribution in [3.8, 4) is 0 Å². The Hall–Kier alpha value is -1.29. The van der Waals surface area contributed by atoms with Crippen molar-refractivity contribution in [1.29, 1.82) is 0 Å². The summed E-state index contributed by atoms with van der Waals surface area (Å²) in [5.41, 5.74) is 1.13. The highest BCUT2D eigenvalue weighted by atomic mass is 16.5. The first-order valence-electron chi connectivity index (χ1n) is 7.47. The van der Waals surface area contributed by atoms with E-state index in [4.69, 9.17) is 4.74 Å². The molecule has 0 atom stereocenters. The molecular formula is C15H23N3O. The molecular weight excluding hydrogens is 238 g/mol. The third-order valence-electron chi connectivity index (χ3n) is 4.02. The van der Waals surface area contributed by atoms with E-state index >= 15 is 0 Å². The van der Waals surface area contributed by atoms with Crippen LogP contribution in [0.5, 0.6) is 0 Å². The number of piperidine rings is 1. The van der Waals surface area contributed by atoms with Gasteiger partial charge in [0.15, 0.2) is 0 Å². The van der Waals surface area contributed by atoms with Gasteiger partial charge in [-0.2, -0.15) is 0 Å². The normalized spacial score (nSPS) is 21.4. The molecule has 1 aromatic rings. The number of rotatable bonds is 3. The van der Waals surface area contributed by atoms with Crippen LogP contribution in [0.1, 0.15) is 32.1 Å². The molecule has 0 saturated carbocycles. The van der Waals surface area contributed by atoms with Gasteiger partial charge in [-0.3, -0.25) is 0 Å². The number of hydrogen-bond donors (Lipinski definition) is 1. The van der Waals surface area contributed by atoms with E-state index in [0.29, 0.717) is 6.04 Å². The molecule has 0 aromatic carbocycles. The van der Waals surface area contributed by atoms with Crippen LogP contribution >= 0.6 is 0 Å². The van der Waals surface area contributed by atoms with E-state index in [1.807, 2.05) is 6.20 Å². The van der Waals surface area contributed by atoms with E-state index in [2.05, 4.69) is 27.3 Å². The minimum absolute atomic E-state index is 0.538. The Balaban J connectivity index is 1.58. The lowest BCUT2D eigenvalue weighted by Crippen LogP contribution is -2.30. The molecule has 1 aromatic heterocycles. The molecule has 4 heteroatoms. The molecule has 19 heavy (non-hydrogen) atoms. The number of nitrogens with zero attached hydrogens (tertiary/aromatic N) is 2. The van der Waals surface area contributed by atoms with Gasteiger partial charge in [0.1, 0.15) is 5.82 Å². The summed E-state index contributed by atoms with van der Waals surface area (Å²) in [5, 5.41) is 3.55. The van der Waals surface area contributed by atoms with Crippen LogP contribution in [0.25, 0.3) is 0 Å². The van der Waals surface area contributed by atoms with Crippen molar-refractivity contribution in [2.24, 2.45) is 0 Å². The first-order chi connectivity index (χ1) is 9.42. The molecule has 0 radical (unpaired) electrons. The zero-order valence-electron chi connectivity index (χ0n) is 11.5. The summed E-state index contributed by atoms with van der Waals surface area (Å²) in [6.07, 6.45) is 8.11. The molecule has 0 aliphatic carbocycles. The predicted octanol–water partition coefficient (Wildman–Crippen LogP) is 2.66. The standard InChI is InChI=1S/C15H23N3O/c1-2-8-18(9-3-1)15-5-4-14(12-16-15)17-13-6-10-19-11-7-13/h4-5,12-13,17H,1-3,6-11H2. The second kappa shape index (κ2) is 6.24. The van der Waals surface area contributed by atoms with Crippen molar-refractivity contribution in [2.45, 2.75) is 38.1 Å². The summed E-state index contributed by atoms with van der Waals surface area (Å²) >= 11 is 0. The minimum Gasteiger partial charge on any atom is -0.381 e. The maximum atomic E-state index is 5.37. The predicted molar refractivity (Wildman–Crippen MR) is 77.8 cm³/mol. The molecule has 2 fully saturated rings. The maximum Gasteiger partial charge on any atom is 0.128 e. The molecule has 0 spiro atoms. The van der Waals surface area contributed by atoms with Gasteiger partial charge < -0.3 is 15.0 Å². The van der Waals surface area contributed by atoms with Gasteiger partial charge in [0.25, 0.3) is 0 Å². The lowest BCUT2D eigenvalue weighted by atomic mass is 10.1. The summed E-state index contributed by atoms with van der Waals surface area (Å²) in [7, 11) is 0. The van der Waals surface area contributed by atoms with Crippen molar-refractivity contribution in [3.05, 3.63) is 18.3 Å². The van der Waals surface area contributed by atoms with Crippen molar-refractivity contribution in [2.75, 3.05) is 36.5 Å². The Morgan fingerprint density at radius 2 is 1.89 bits per heavy atom. The average Bonchev–Trinajstić information content (AvgIpc) is 2.50. The lowest BCUT2D eigenvalue weighted by molar-refractivity contribution is 0.0904. The van der Waals surface area contributed by atoms with Gasteiger partial charge in [0, 0.05) is 32.3 Å². The van der Waals surface area contributed by atoms with Gasteiger partial charge in [0.05, 0.1) is 11.9 Å². The zero-order valence-corrected chi connectivity index (χ0v) is 11.5. The Bertz CT molecular complexity index is 381. The van der Waals surface area contributed by atoms with Crippen LogP contribution in [0.2, 0.25) is 0 Å². The lowest BCUT2D eigenvalue weighted by Gasteiger charge is -2.28. The van der Waals surface area contributed by atoms with Crippen LogP contribution in [0.15, 0.2) is 18.3 Å². The molecule has 104 valence electrons. The highest BCUT2D eigenvalue weighted by Gasteiger charge is 2.14. The largest absolute Gasteiger partial charge is 0.381 e. The van der Waals surface area contributed by atoms with E-state index in [9.17, 15) is 0 Å². The fourth-order valence-corrected chi connectivity index (χ4v) is 2.86. The molecule has 2 saturated heterocycles. The van der Waals surface area contributed by atoms with Crippen molar-refractivity contribution >= 4 is 11.5 Å². The Morgan fingerprint density at radius 1 is 1.11 bits per heavy atom. The zero-order chi connectivity index (χ0) is 12.9. The summed E-state index contributed by atoms with van der Waals surface area (Å²) in [5.74, 6) is 1.12. The third kappa shape index (κ3) is 3.38. The van der Waals surface area contributed by atoms with Gasteiger partial charge in [-0.05, 0) is 44.2 Å². The third-order valence-corrected chi connectivity index (χ3v) is 4.02. The fraction of sp³-hybridized carbons (Fsp3) is 0.667. The number of hydrogen-bond acceptors (Lipinski definition) is 4. The van der Waals surface area contributed by atoms with E-state index < -0.39 is 0 Å². The maximum absolute atomic E-state index is 5.37. The van der Waals surface area contributed by atoms with Gasteiger partial charge in [-0.15, -0.1) is 0 Å². The Morgan fingerprint density at radius 3 is 2.58 bits per heavy atom. The number of pyridine rings is 1. The smallest absolute Gasteiger partial charge is 0.128 e. The molecule has 2 aliphatic rings. The molecule has 0 unspecified atom stereocenters. The minimum atomic E-state index is 0.538. The first-order valence-corrected chi connectivity index (χ1v) is 7.47. The van der Waals surface area contributed by atoms with Gasteiger partial charge >= 0.3 is 0 Å². The van der Waals surface area contributed by atoms with Crippen LogP contribution in [-0.4, -0.2) is 37.3 Å². The topological polar surface area (TPSA) is 37.4 Å². The second-order valence-corrected chi connectivity index (χ2v) is 5.48. The number of anilines is 2. The number of ether oxygens (including phenoxy) is 1. The SMILES string of the molecule is c1cc(N2CCCCC2)ncc1NC1CCOCC1. The monoisotopic (exact) mass is 261 g/mol. The van der Waals surface area contributed by atoms with Gasteiger partial charge in [-0.25, -0.2) is 4.98 Å². The molecule has 3 heterocycles. The van der Waals surface area contributed by atoms with Crippen LogP contribution in [-0.2, 0) is 4.74 Å². The van der Waals surface area contributed by atoms with Crippen molar-refractivity contribution < 1.29 is 4.74 Å². The van der Waals surface area contributed by atoms with E-state index in [1.165, 1.54) is 19.3 Å². The van der Waals surface area contributed by atoms with E-state index in [0.717, 1.165) is 50.7 Å². The van der Waals surface area contributed by atoms with Crippen LogP contribution < -0.4 is 10.2 Å². The molecule has 0 amide bonds. The summed E-state index contributed by atoms with van der Waals surface area (Å²) in [6, 6.07) is 4.84. The Kier molecular flexibility index (Phi) is 4.18. The molecule has 2 aliphatic heterocycles. The average molecular weight is 261 g/mol. The number of aromatic nitrogens is 1. The highest BCUT2D eigenvalue weighted by molar-refractivity contribution is 5.49. The Labute approximate surface area is 115 Å². The quantitative estimate of drug-likeness (QED) is 0.907. The number of nitrogens with one attached hydrogen (secondary N) is 1. The van der Waals surface area contributed by atoms with E-state index in [-0.39, 0.29) is 0 Å². The molecule has 1 N–H and O–H groups in total. The summed E-state index contributed by atoms with van der Waals surface area (Å²) < 4.78 is 5.37. The second-order valence-electron chi connectivity index (χ2n) is 5.48. The van der Waals surface area contributed by atoms with Gasteiger partial charge in [-0.1, -0.05) is 0 Å². The van der Waals surface area contributed by atoms with E-state index in [1.54, 1.807) is 0 Å². The van der Waals surface area contributed by atoms with Crippen molar-refractivity contribution in [1.82, 2.24) is 4.98 Å². The highest BCUT2D eigenvalue weighted by Crippen LogP contribution is 2.20. The van der Waals surface area contributed by atoms with Crippen LogP contribution in [0, 0.1) is 0 Å². The summed E-state index contributed by atoms with van der Waals surface area (Å²) in [6.45, 7) is 4.05. The van der Waals surface area contributed by atoms with Gasteiger partial charge in [0.2, 0.25) is 0 Å². The van der Waals surface area contributed by atoms with Crippen molar-refractivity contribution in [3.63, 3.8) is 0 Å². The summed E-state index contributed by atoms with van der Waals surface area (Å²) in [4.78, 5) is 6.99. The molecule has 4 nitrogen and oxygen atoms in total. The van der Waals surface area contributed by atoms with Crippen LogP contribution in [0.3, 0.4) is 0 Å². The first kappa shape index (κ1) is 12.7.